The molecular weight excluding hydrogens is 266 g/mol. The summed E-state index contributed by atoms with van der Waals surface area (Å²) in [6.07, 6.45) is 3.01. The molecule has 3 fully saturated rings. The summed E-state index contributed by atoms with van der Waals surface area (Å²) < 4.78 is 5.80. The molecule has 0 bridgehead atoms. The second-order valence-corrected chi connectivity index (χ2v) is 7.10. The van der Waals surface area contributed by atoms with Gasteiger partial charge in [0.2, 0.25) is 5.91 Å². The van der Waals surface area contributed by atoms with Crippen LogP contribution in [-0.4, -0.2) is 73.7 Å². The fourth-order valence-electron chi connectivity index (χ4n) is 3.86. The monoisotopic (exact) mass is 295 g/mol. The van der Waals surface area contributed by atoms with Crippen LogP contribution in [0.25, 0.3) is 0 Å². The van der Waals surface area contributed by atoms with Crippen molar-refractivity contribution >= 4 is 5.91 Å². The van der Waals surface area contributed by atoms with E-state index in [-0.39, 0.29) is 5.92 Å². The zero-order chi connectivity index (χ0) is 14.8. The molecule has 0 aromatic rings. The number of carbonyl (C=O) groups excluding carboxylic acids is 1. The van der Waals surface area contributed by atoms with Crippen molar-refractivity contribution in [3.05, 3.63) is 0 Å². The molecule has 1 N–H and O–H groups in total. The van der Waals surface area contributed by atoms with E-state index in [4.69, 9.17) is 4.74 Å². The number of hydrogen-bond donors (Lipinski definition) is 1. The number of piperidine rings is 1. The zero-order valence-corrected chi connectivity index (χ0v) is 13.4. The van der Waals surface area contributed by atoms with Gasteiger partial charge in [0.05, 0.1) is 18.1 Å². The average molecular weight is 295 g/mol. The van der Waals surface area contributed by atoms with Gasteiger partial charge in [0.15, 0.2) is 0 Å². The molecule has 0 spiro atoms. The first kappa shape index (κ1) is 15.3. The Bertz CT molecular complexity index is 355. The third-order valence-corrected chi connectivity index (χ3v) is 5.07. The number of likely N-dealkylation sites (tertiary alicyclic amines) is 1. The van der Waals surface area contributed by atoms with E-state index in [9.17, 15) is 4.79 Å². The van der Waals surface area contributed by atoms with Crippen molar-refractivity contribution in [1.29, 1.82) is 0 Å². The Labute approximate surface area is 128 Å². The largest absolute Gasteiger partial charge is 0.373 e. The lowest BCUT2D eigenvalue weighted by molar-refractivity contribution is -0.138. The van der Waals surface area contributed by atoms with Crippen LogP contribution in [0, 0.1) is 11.8 Å². The summed E-state index contributed by atoms with van der Waals surface area (Å²) in [5.41, 5.74) is 0. The van der Waals surface area contributed by atoms with Crippen LogP contribution in [0.4, 0.5) is 0 Å². The third kappa shape index (κ3) is 3.76. The topological polar surface area (TPSA) is 44.8 Å². The van der Waals surface area contributed by atoms with E-state index in [2.05, 4.69) is 29.0 Å². The summed E-state index contributed by atoms with van der Waals surface area (Å²) in [6, 6.07) is 0. The molecule has 0 aromatic heterocycles. The van der Waals surface area contributed by atoms with Gasteiger partial charge in [-0.1, -0.05) is 0 Å². The maximum Gasteiger partial charge on any atom is 0.228 e. The first-order chi connectivity index (χ1) is 10.1. The van der Waals surface area contributed by atoms with Gasteiger partial charge in [0.1, 0.15) is 0 Å². The highest BCUT2D eigenvalue weighted by Crippen LogP contribution is 2.22. The van der Waals surface area contributed by atoms with E-state index < -0.39 is 0 Å². The Morgan fingerprint density at radius 2 is 1.76 bits per heavy atom. The molecule has 3 aliphatic rings. The van der Waals surface area contributed by atoms with Gasteiger partial charge in [-0.3, -0.25) is 9.69 Å². The fourth-order valence-corrected chi connectivity index (χ4v) is 3.86. The standard InChI is InChI=1S/C16H29N3O2/c1-12-9-18(10-13(2)21-12)11-14-3-5-19(6-4-14)16(20)15-7-17-8-15/h12-15,17H,3-11H2,1-2H3. The molecule has 5 heteroatoms. The third-order valence-electron chi connectivity index (χ3n) is 5.07. The number of ether oxygens (including phenoxy) is 1. The van der Waals surface area contributed by atoms with Gasteiger partial charge in [-0.2, -0.15) is 0 Å². The van der Waals surface area contributed by atoms with Crippen molar-refractivity contribution in [1.82, 2.24) is 15.1 Å². The summed E-state index contributed by atoms with van der Waals surface area (Å²) in [6.45, 7) is 11.3. The lowest BCUT2D eigenvalue weighted by atomic mass is 9.93. The highest BCUT2D eigenvalue weighted by Gasteiger charge is 2.32. The summed E-state index contributed by atoms with van der Waals surface area (Å²) in [5, 5.41) is 3.19. The molecule has 3 aliphatic heterocycles. The zero-order valence-electron chi connectivity index (χ0n) is 13.4. The van der Waals surface area contributed by atoms with E-state index in [1.807, 2.05) is 0 Å². The van der Waals surface area contributed by atoms with Gasteiger partial charge in [0, 0.05) is 45.8 Å². The maximum absolute atomic E-state index is 12.2. The van der Waals surface area contributed by atoms with Crippen LogP contribution in [-0.2, 0) is 9.53 Å². The molecule has 0 aromatic carbocycles. The summed E-state index contributed by atoms with van der Waals surface area (Å²) in [7, 11) is 0. The van der Waals surface area contributed by atoms with Gasteiger partial charge in [-0.25, -0.2) is 0 Å². The van der Waals surface area contributed by atoms with E-state index in [1.54, 1.807) is 0 Å². The van der Waals surface area contributed by atoms with Crippen molar-refractivity contribution < 1.29 is 9.53 Å². The van der Waals surface area contributed by atoms with Crippen LogP contribution in [0.15, 0.2) is 0 Å². The van der Waals surface area contributed by atoms with Crippen LogP contribution < -0.4 is 5.32 Å². The molecule has 3 rings (SSSR count). The molecule has 3 heterocycles. The minimum atomic E-state index is 0.252. The quantitative estimate of drug-likeness (QED) is 0.826. The van der Waals surface area contributed by atoms with E-state index >= 15 is 0 Å². The highest BCUT2D eigenvalue weighted by atomic mass is 16.5. The molecule has 2 unspecified atom stereocenters. The Morgan fingerprint density at radius 1 is 1.14 bits per heavy atom. The Morgan fingerprint density at radius 3 is 2.29 bits per heavy atom. The number of morpholine rings is 1. The molecule has 3 saturated heterocycles. The van der Waals surface area contributed by atoms with Crippen molar-refractivity contribution in [2.24, 2.45) is 11.8 Å². The van der Waals surface area contributed by atoms with Gasteiger partial charge < -0.3 is 15.0 Å². The van der Waals surface area contributed by atoms with Crippen molar-refractivity contribution in [3.8, 4) is 0 Å². The SMILES string of the molecule is CC1CN(CC2CCN(C(=O)C3CNC3)CC2)CC(C)O1. The van der Waals surface area contributed by atoms with Crippen LogP contribution in [0.2, 0.25) is 0 Å². The molecule has 1 amide bonds. The fraction of sp³-hybridized carbons (Fsp3) is 0.938. The van der Waals surface area contributed by atoms with Crippen molar-refractivity contribution in [2.45, 2.75) is 38.9 Å². The first-order valence-corrected chi connectivity index (χ1v) is 8.49. The molecule has 120 valence electrons. The maximum atomic E-state index is 12.2. The molecule has 0 radical (unpaired) electrons. The van der Waals surface area contributed by atoms with Crippen LogP contribution in [0.3, 0.4) is 0 Å². The summed E-state index contributed by atoms with van der Waals surface area (Å²) >= 11 is 0. The second-order valence-electron chi connectivity index (χ2n) is 7.10. The molecular formula is C16H29N3O2. The number of nitrogens with one attached hydrogen (secondary N) is 1. The predicted octanol–water partition coefficient (Wildman–Crippen LogP) is 0.554. The molecule has 0 saturated carbocycles. The first-order valence-electron chi connectivity index (χ1n) is 8.49. The minimum Gasteiger partial charge on any atom is -0.373 e. The molecule has 2 atom stereocenters. The van der Waals surface area contributed by atoms with Crippen LogP contribution in [0.1, 0.15) is 26.7 Å². The van der Waals surface area contributed by atoms with Gasteiger partial charge >= 0.3 is 0 Å². The number of rotatable bonds is 3. The molecule has 21 heavy (non-hydrogen) atoms. The lowest BCUT2D eigenvalue weighted by Crippen LogP contribution is -2.54. The van der Waals surface area contributed by atoms with Gasteiger partial charge in [-0.05, 0) is 32.6 Å². The Kier molecular flexibility index (Phi) is 4.82. The summed E-state index contributed by atoms with van der Waals surface area (Å²) in [4.78, 5) is 16.9. The highest BCUT2D eigenvalue weighted by molar-refractivity contribution is 5.80. The Balaban J connectivity index is 1.42. The Hall–Kier alpha value is -0.650. The minimum absolute atomic E-state index is 0.252. The van der Waals surface area contributed by atoms with Crippen molar-refractivity contribution in [2.75, 3.05) is 45.8 Å². The van der Waals surface area contributed by atoms with E-state index in [1.165, 1.54) is 6.54 Å². The number of carbonyl (C=O) groups is 1. The van der Waals surface area contributed by atoms with Gasteiger partial charge in [0.25, 0.3) is 0 Å². The van der Waals surface area contributed by atoms with Crippen LogP contribution in [0.5, 0.6) is 0 Å². The number of hydrogen-bond acceptors (Lipinski definition) is 4. The van der Waals surface area contributed by atoms with Gasteiger partial charge in [-0.15, -0.1) is 0 Å². The van der Waals surface area contributed by atoms with E-state index in [0.717, 1.165) is 58.0 Å². The normalized spacial score (nSPS) is 33.0. The lowest BCUT2D eigenvalue weighted by Gasteiger charge is -2.40. The van der Waals surface area contributed by atoms with E-state index in [0.29, 0.717) is 18.1 Å². The smallest absolute Gasteiger partial charge is 0.228 e. The average Bonchev–Trinajstić information content (AvgIpc) is 2.36. The molecule has 0 aliphatic carbocycles. The van der Waals surface area contributed by atoms with Crippen molar-refractivity contribution in [3.63, 3.8) is 0 Å². The van der Waals surface area contributed by atoms with Crippen LogP contribution >= 0.6 is 0 Å². The molecule has 5 nitrogen and oxygen atoms in total. The second kappa shape index (κ2) is 6.63. The summed E-state index contributed by atoms with van der Waals surface area (Å²) in [5.74, 6) is 1.37. The predicted molar refractivity (Wildman–Crippen MR) is 82.1 cm³/mol. The number of nitrogens with zero attached hydrogens (tertiary/aromatic N) is 2. The number of amides is 1.